The van der Waals surface area contributed by atoms with Crippen molar-refractivity contribution in [3.8, 4) is 11.5 Å². The third-order valence-corrected chi connectivity index (χ3v) is 6.62. The van der Waals surface area contributed by atoms with Gasteiger partial charge in [-0.15, -0.1) is 0 Å². The first-order valence-corrected chi connectivity index (χ1v) is 11.8. The minimum Gasteiger partial charge on any atom is -0.497 e. The molecular weight excluding hydrogens is 434 g/mol. The summed E-state index contributed by atoms with van der Waals surface area (Å²) in [5.74, 6) is -0.181. The standard InChI is InChI=1S/C22H27N3O6S/c1-22(21(27)23-13-16-8-6-5-7-9-16)15-24(32(4,28)29)14-20(26)25(22)18-11-10-17(30-2)12-19(18)31-3/h5-12H,13-15H2,1-4H3,(H,23,27). The predicted molar refractivity (Wildman–Crippen MR) is 120 cm³/mol. The summed E-state index contributed by atoms with van der Waals surface area (Å²) < 4.78 is 36.2. The second-order valence-electron chi connectivity index (χ2n) is 7.74. The molecule has 2 aromatic carbocycles. The molecule has 1 N–H and O–H groups in total. The number of methoxy groups -OCH3 is 2. The zero-order chi connectivity index (χ0) is 23.5. The van der Waals surface area contributed by atoms with Crippen molar-refractivity contribution in [2.45, 2.75) is 19.0 Å². The van der Waals surface area contributed by atoms with E-state index in [0.29, 0.717) is 17.2 Å². The maximum atomic E-state index is 13.4. The highest BCUT2D eigenvalue weighted by Gasteiger charge is 2.51. The van der Waals surface area contributed by atoms with Gasteiger partial charge in [0.15, 0.2) is 0 Å². The van der Waals surface area contributed by atoms with Crippen LogP contribution < -0.4 is 19.7 Å². The van der Waals surface area contributed by atoms with Gasteiger partial charge in [-0.2, -0.15) is 4.31 Å². The van der Waals surface area contributed by atoms with Gasteiger partial charge in [0, 0.05) is 19.2 Å². The van der Waals surface area contributed by atoms with E-state index in [1.54, 1.807) is 25.1 Å². The van der Waals surface area contributed by atoms with E-state index in [-0.39, 0.29) is 19.6 Å². The van der Waals surface area contributed by atoms with Gasteiger partial charge in [0.05, 0.1) is 32.7 Å². The highest BCUT2D eigenvalue weighted by Crippen LogP contribution is 2.38. The smallest absolute Gasteiger partial charge is 0.247 e. The van der Waals surface area contributed by atoms with Gasteiger partial charge in [0.2, 0.25) is 21.8 Å². The maximum absolute atomic E-state index is 13.4. The maximum Gasteiger partial charge on any atom is 0.247 e. The van der Waals surface area contributed by atoms with Gasteiger partial charge < -0.3 is 14.8 Å². The predicted octanol–water partition coefficient (Wildman–Crippen LogP) is 1.39. The van der Waals surface area contributed by atoms with Gasteiger partial charge in [-0.05, 0) is 24.6 Å². The molecule has 3 rings (SSSR count). The highest BCUT2D eigenvalue weighted by atomic mass is 32.2. The van der Waals surface area contributed by atoms with Crippen molar-refractivity contribution >= 4 is 27.5 Å². The number of ether oxygens (including phenoxy) is 2. The fourth-order valence-corrected chi connectivity index (χ4v) is 4.54. The Hall–Kier alpha value is -3.11. The number of benzene rings is 2. The van der Waals surface area contributed by atoms with E-state index in [2.05, 4.69) is 5.32 Å². The van der Waals surface area contributed by atoms with Gasteiger partial charge in [-0.3, -0.25) is 14.5 Å². The molecule has 1 unspecified atom stereocenters. The summed E-state index contributed by atoms with van der Waals surface area (Å²) in [6, 6.07) is 14.2. The average molecular weight is 462 g/mol. The summed E-state index contributed by atoms with van der Waals surface area (Å²) in [5, 5.41) is 2.84. The van der Waals surface area contributed by atoms with E-state index in [1.807, 2.05) is 30.3 Å². The number of anilines is 1. The lowest BCUT2D eigenvalue weighted by Gasteiger charge is -2.46. The van der Waals surface area contributed by atoms with E-state index < -0.39 is 27.4 Å². The number of piperazine rings is 1. The topological polar surface area (TPSA) is 105 Å². The van der Waals surface area contributed by atoms with Crippen LogP contribution in [-0.2, 0) is 26.2 Å². The number of carbonyl (C=O) groups is 2. The number of nitrogens with one attached hydrogen (secondary N) is 1. The second-order valence-corrected chi connectivity index (χ2v) is 9.72. The fourth-order valence-electron chi connectivity index (χ4n) is 3.71. The first kappa shape index (κ1) is 23.6. The largest absolute Gasteiger partial charge is 0.497 e. The molecular formula is C22H27N3O6S. The van der Waals surface area contributed by atoms with Crippen LogP contribution in [0.25, 0.3) is 0 Å². The molecule has 10 heteroatoms. The molecule has 0 bridgehead atoms. The molecule has 1 atom stereocenters. The Kier molecular flexibility index (Phi) is 6.75. The van der Waals surface area contributed by atoms with Gasteiger partial charge in [-0.25, -0.2) is 8.42 Å². The summed E-state index contributed by atoms with van der Waals surface area (Å²) >= 11 is 0. The van der Waals surface area contributed by atoms with Crippen molar-refractivity contribution in [2.24, 2.45) is 0 Å². The minimum atomic E-state index is -3.71. The SMILES string of the molecule is COc1ccc(N2C(=O)CN(S(C)(=O)=O)CC2(C)C(=O)NCc2ccccc2)c(OC)c1. The summed E-state index contributed by atoms with van der Waals surface area (Å²) in [5.41, 5.74) is -0.293. The first-order chi connectivity index (χ1) is 15.1. The lowest BCUT2D eigenvalue weighted by molar-refractivity contribution is -0.133. The Balaban J connectivity index is 2.03. The van der Waals surface area contributed by atoms with Crippen molar-refractivity contribution in [3.05, 3.63) is 54.1 Å². The zero-order valence-electron chi connectivity index (χ0n) is 18.5. The Bertz CT molecular complexity index is 1110. The lowest BCUT2D eigenvalue weighted by atomic mass is 9.94. The number of rotatable bonds is 7. The number of hydrogen-bond acceptors (Lipinski definition) is 6. The molecule has 0 radical (unpaired) electrons. The van der Waals surface area contributed by atoms with E-state index in [1.165, 1.54) is 19.1 Å². The van der Waals surface area contributed by atoms with Crippen LogP contribution >= 0.6 is 0 Å². The van der Waals surface area contributed by atoms with Crippen LogP contribution in [-0.4, -0.2) is 63.6 Å². The summed E-state index contributed by atoms with van der Waals surface area (Å²) in [6.07, 6.45) is 1.02. The molecule has 1 fully saturated rings. The van der Waals surface area contributed by atoms with Crippen molar-refractivity contribution in [2.75, 3.05) is 38.5 Å². The van der Waals surface area contributed by atoms with Crippen molar-refractivity contribution in [1.29, 1.82) is 0 Å². The summed E-state index contributed by atoms with van der Waals surface area (Å²) in [6.45, 7) is 1.20. The van der Waals surface area contributed by atoms with Crippen LogP contribution in [0, 0.1) is 0 Å². The number of sulfonamides is 1. The number of amides is 2. The highest BCUT2D eigenvalue weighted by molar-refractivity contribution is 7.88. The van der Waals surface area contributed by atoms with Gasteiger partial charge in [-0.1, -0.05) is 30.3 Å². The molecule has 1 saturated heterocycles. The molecule has 1 aliphatic rings. The van der Waals surface area contributed by atoms with Crippen LogP contribution in [0.2, 0.25) is 0 Å². The fraction of sp³-hybridized carbons (Fsp3) is 0.364. The van der Waals surface area contributed by atoms with Crippen LogP contribution in [0.3, 0.4) is 0 Å². The normalized spacial score (nSPS) is 19.5. The van der Waals surface area contributed by atoms with Crippen LogP contribution in [0.5, 0.6) is 11.5 Å². The summed E-state index contributed by atoms with van der Waals surface area (Å²) in [7, 11) is -0.756. The van der Waals surface area contributed by atoms with E-state index >= 15 is 0 Å². The molecule has 0 aliphatic carbocycles. The van der Waals surface area contributed by atoms with E-state index in [9.17, 15) is 18.0 Å². The molecule has 0 aromatic heterocycles. The monoisotopic (exact) mass is 461 g/mol. The molecule has 2 amide bonds. The zero-order valence-corrected chi connectivity index (χ0v) is 19.3. The minimum absolute atomic E-state index is 0.201. The molecule has 0 spiro atoms. The van der Waals surface area contributed by atoms with Crippen LogP contribution in [0.15, 0.2) is 48.5 Å². The third-order valence-electron chi connectivity index (χ3n) is 5.42. The molecule has 2 aromatic rings. The van der Waals surface area contributed by atoms with Crippen molar-refractivity contribution in [1.82, 2.24) is 9.62 Å². The Morgan fingerprint density at radius 1 is 1.12 bits per heavy atom. The summed E-state index contributed by atoms with van der Waals surface area (Å²) in [4.78, 5) is 28.0. The van der Waals surface area contributed by atoms with Crippen molar-refractivity contribution in [3.63, 3.8) is 0 Å². The van der Waals surface area contributed by atoms with Gasteiger partial charge >= 0.3 is 0 Å². The van der Waals surface area contributed by atoms with Crippen LogP contribution in [0.1, 0.15) is 12.5 Å². The second kappa shape index (κ2) is 9.17. The van der Waals surface area contributed by atoms with E-state index in [4.69, 9.17) is 9.47 Å². The van der Waals surface area contributed by atoms with Gasteiger partial charge in [0.25, 0.3) is 0 Å². The molecule has 172 valence electrons. The third kappa shape index (κ3) is 4.71. The van der Waals surface area contributed by atoms with E-state index in [0.717, 1.165) is 16.1 Å². The number of carbonyl (C=O) groups excluding carboxylic acids is 2. The average Bonchev–Trinajstić information content (AvgIpc) is 2.77. The molecule has 32 heavy (non-hydrogen) atoms. The number of hydrogen-bond donors (Lipinski definition) is 1. The molecule has 1 heterocycles. The lowest BCUT2D eigenvalue weighted by Crippen LogP contribution is -2.70. The molecule has 0 saturated carbocycles. The quantitative estimate of drug-likeness (QED) is 0.668. The Labute approximate surface area is 188 Å². The van der Waals surface area contributed by atoms with Crippen LogP contribution in [0.4, 0.5) is 5.69 Å². The Morgan fingerprint density at radius 2 is 1.81 bits per heavy atom. The Morgan fingerprint density at radius 3 is 2.41 bits per heavy atom. The van der Waals surface area contributed by atoms with Crippen molar-refractivity contribution < 1.29 is 27.5 Å². The number of nitrogens with zero attached hydrogens (tertiary/aromatic N) is 2. The van der Waals surface area contributed by atoms with Gasteiger partial charge in [0.1, 0.15) is 17.0 Å². The molecule has 1 aliphatic heterocycles. The first-order valence-electron chi connectivity index (χ1n) is 9.92. The molecule has 9 nitrogen and oxygen atoms in total.